The number of aromatic nitrogens is 4. The molecule has 1 aromatic carbocycles. The number of hydrogen-bond acceptors (Lipinski definition) is 5. The van der Waals surface area contributed by atoms with Gasteiger partial charge in [0.1, 0.15) is 17.7 Å². The zero-order valence-electron chi connectivity index (χ0n) is 16.1. The lowest BCUT2D eigenvalue weighted by atomic mass is 10.1. The van der Waals surface area contributed by atoms with E-state index in [2.05, 4.69) is 20.6 Å². The summed E-state index contributed by atoms with van der Waals surface area (Å²) in [7, 11) is 1.55. The highest BCUT2D eigenvalue weighted by Crippen LogP contribution is 2.50. The van der Waals surface area contributed by atoms with Gasteiger partial charge in [0, 0.05) is 6.54 Å². The molecule has 31 heavy (non-hydrogen) atoms. The fourth-order valence-corrected chi connectivity index (χ4v) is 3.66. The molecule has 1 saturated carbocycles. The lowest BCUT2D eigenvalue weighted by Gasteiger charge is -2.15. The van der Waals surface area contributed by atoms with Gasteiger partial charge in [0.2, 0.25) is 0 Å². The van der Waals surface area contributed by atoms with Crippen molar-refractivity contribution in [3.05, 3.63) is 47.4 Å². The fraction of sp³-hybridized carbons (Fsp3) is 0.421. The fourth-order valence-electron chi connectivity index (χ4n) is 3.66. The molecule has 2 atom stereocenters. The first-order valence-electron chi connectivity index (χ1n) is 9.32. The van der Waals surface area contributed by atoms with Crippen molar-refractivity contribution >= 4 is 11.3 Å². The van der Waals surface area contributed by atoms with E-state index in [1.54, 1.807) is 7.11 Å². The van der Waals surface area contributed by atoms with Crippen molar-refractivity contribution in [3.63, 3.8) is 0 Å². The van der Waals surface area contributed by atoms with Gasteiger partial charge < -0.3 is 10.1 Å². The average Bonchev–Trinajstić information content (AvgIpc) is 3.37. The van der Waals surface area contributed by atoms with Crippen molar-refractivity contribution in [2.75, 3.05) is 19.0 Å². The minimum atomic E-state index is -4.86. The van der Waals surface area contributed by atoms with Crippen molar-refractivity contribution in [2.45, 2.75) is 31.1 Å². The molecule has 3 aromatic rings. The SMILES string of the molecule is COc1ccccc1C1CC1CNc1cnn2c(CC(F)(F)F)nnc2c1C(F)(F)F. The van der Waals surface area contributed by atoms with Crippen molar-refractivity contribution in [2.24, 2.45) is 5.92 Å². The first-order valence-corrected chi connectivity index (χ1v) is 9.32. The van der Waals surface area contributed by atoms with Gasteiger partial charge in [-0.15, -0.1) is 10.2 Å². The van der Waals surface area contributed by atoms with Crippen LogP contribution in [-0.2, 0) is 12.6 Å². The Kier molecular flexibility index (Phi) is 5.18. The summed E-state index contributed by atoms with van der Waals surface area (Å²) in [6, 6.07) is 7.43. The van der Waals surface area contributed by atoms with Gasteiger partial charge in [-0.25, -0.2) is 0 Å². The molecule has 0 spiro atoms. The van der Waals surface area contributed by atoms with Gasteiger partial charge >= 0.3 is 12.4 Å². The smallest absolute Gasteiger partial charge is 0.422 e. The predicted octanol–water partition coefficient (Wildman–Crippen LogP) is 4.47. The van der Waals surface area contributed by atoms with E-state index in [0.717, 1.165) is 23.9 Å². The van der Waals surface area contributed by atoms with E-state index in [0.29, 0.717) is 4.52 Å². The molecule has 2 heterocycles. The van der Waals surface area contributed by atoms with Gasteiger partial charge in [0.05, 0.1) is 19.0 Å². The van der Waals surface area contributed by atoms with Crippen LogP contribution in [0.25, 0.3) is 5.65 Å². The van der Waals surface area contributed by atoms with Gasteiger partial charge in [0.25, 0.3) is 0 Å². The van der Waals surface area contributed by atoms with Crippen LogP contribution >= 0.6 is 0 Å². The molecule has 0 amide bonds. The second kappa shape index (κ2) is 7.57. The number of benzene rings is 1. The highest BCUT2D eigenvalue weighted by Gasteiger charge is 2.42. The summed E-state index contributed by atoms with van der Waals surface area (Å²) in [4.78, 5) is 0. The molecule has 1 aliphatic carbocycles. The number of halogens is 6. The van der Waals surface area contributed by atoms with Crippen molar-refractivity contribution in [1.82, 2.24) is 19.8 Å². The predicted molar refractivity (Wildman–Crippen MR) is 97.9 cm³/mol. The summed E-state index contributed by atoms with van der Waals surface area (Å²) in [5.74, 6) is 0.223. The summed E-state index contributed by atoms with van der Waals surface area (Å²) >= 11 is 0. The first-order chi connectivity index (χ1) is 14.6. The number of hydrogen-bond donors (Lipinski definition) is 1. The van der Waals surface area contributed by atoms with Crippen LogP contribution in [0.2, 0.25) is 0 Å². The number of nitrogens with one attached hydrogen (secondary N) is 1. The summed E-state index contributed by atoms with van der Waals surface area (Å²) in [6.07, 6.45) is -9.42. The average molecular weight is 445 g/mol. The molecular formula is C19H17F6N5O. The van der Waals surface area contributed by atoms with Crippen LogP contribution in [0.4, 0.5) is 32.0 Å². The van der Waals surface area contributed by atoms with E-state index in [-0.39, 0.29) is 24.1 Å². The van der Waals surface area contributed by atoms with E-state index in [9.17, 15) is 26.3 Å². The molecule has 0 saturated heterocycles. The molecule has 2 unspecified atom stereocenters. The maximum Gasteiger partial charge on any atom is 0.422 e. The molecule has 166 valence electrons. The monoisotopic (exact) mass is 445 g/mol. The van der Waals surface area contributed by atoms with E-state index in [1.807, 2.05) is 24.3 Å². The topological polar surface area (TPSA) is 64.3 Å². The summed E-state index contributed by atoms with van der Waals surface area (Å²) in [5, 5.41) is 13.0. The van der Waals surface area contributed by atoms with Gasteiger partial charge in [-0.1, -0.05) is 18.2 Å². The van der Waals surface area contributed by atoms with Crippen molar-refractivity contribution < 1.29 is 31.1 Å². The molecule has 0 aliphatic heterocycles. The van der Waals surface area contributed by atoms with Crippen LogP contribution in [-0.4, -0.2) is 39.6 Å². The molecule has 2 aromatic heterocycles. The Morgan fingerprint density at radius 2 is 1.87 bits per heavy atom. The van der Waals surface area contributed by atoms with Crippen LogP contribution in [0.5, 0.6) is 5.75 Å². The van der Waals surface area contributed by atoms with Gasteiger partial charge in [0.15, 0.2) is 11.5 Å². The highest BCUT2D eigenvalue weighted by molar-refractivity contribution is 5.64. The standard InChI is InChI=1S/C19H17F6N5O/c1-31-14-5-3-2-4-11(14)12-6-10(12)8-26-13-9-27-30-15(7-18(20,21)22)28-29-17(30)16(13)19(23,24)25/h2-5,9-10,12,26H,6-8H2,1H3. The maximum atomic E-state index is 13.7. The lowest BCUT2D eigenvalue weighted by Crippen LogP contribution is -2.18. The Bertz CT molecular complexity index is 1090. The highest BCUT2D eigenvalue weighted by atomic mass is 19.4. The molecule has 1 aliphatic rings. The summed E-state index contributed by atoms with van der Waals surface area (Å²) in [5.41, 5.74) is -1.33. The maximum absolute atomic E-state index is 13.7. The summed E-state index contributed by atoms with van der Waals surface area (Å²) < 4.78 is 84.9. The molecule has 0 radical (unpaired) electrons. The van der Waals surface area contributed by atoms with Crippen LogP contribution in [0.1, 0.15) is 29.3 Å². The van der Waals surface area contributed by atoms with Gasteiger partial charge in [-0.3, -0.25) is 0 Å². The normalized spacial score (nSPS) is 18.9. The molecule has 0 bridgehead atoms. The van der Waals surface area contributed by atoms with Crippen LogP contribution < -0.4 is 10.1 Å². The first kappa shape index (κ1) is 21.2. The van der Waals surface area contributed by atoms with Crippen LogP contribution in [0.15, 0.2) is 30.5 Å². The van der Waals surface area contributed by atoms with Gasteiger partial charge in [-0.2, -0.15) is 36.0 Å². The van der Waals surface area contributed by atoms with E-state index in [1.165, 1.54) is 0 Å². The zero-order valence-corrected chi connectivity index (χ0v) is 16.1. The molecular weight excluding hydrogens is 428 g/mol. The Hall–Kier alpha value is -3.05. The number of methoxy groups -OCH3 is 1. The Morgan fingerprint density at radius 1 is 1.13 bits per heavy atom. The largest absolute Gasteiger partial charge is 0.496 e. The number of anilines is 1. The Labute approximate surface area is 172 Å². The second-order valence-electron chi connectivity index (χ2n) is 7.30. The third-order valence-corrected chi connectivity index (χ3v) is 5.16. The number of para-hydroxylation sites is 1. The Morgan fingerprint density at radius 3 is 2.55 bits per heavy atom. The Balaban J connectivity index is 1.57. The molecule has 1 N–H and O–H groups in total. The summed E-state index contributed by atoms with van der Waals surface area (Å²) in [6.45, 7) is 0.229. The van der Waals surface area contributed by atoms with Crippen LogP contribution in [0.3, 0.4) is 0 Å². The third-order valence-electron chi connectivity index (χ3n) is 5.16. The zero-order chi connectivity index (χ0) is 22.4. The number of rotatable bonds is 6. The molecule has 1 fully saturated rings. The molecule has 4 rings (SSSR count). The van der Waals surface area contributed by atoms with E-state index in [4.69, 9.17) is 4.74 Å². The van der Waals surface area contributed by atoms with Crippen molar-refractivity contribution in [1.29, 1.82) is 0 Å². The van der Waals surface area contributed by atoms with Crippen molar-refractivity contribution in [3.8, 4) is 5.75 Å². The van der Waals surface area contributed by atoms with Gasteiger partial charge in [-0.05, 0) is 29.9 Å². The molecule has 6 nitrogen and oxygen atoms in total. The minimum Gasteiger partial charge on any atom is -0.496 e. The minimum absolute atomic E-state index is 0.0762. The second-order valence-corrected chi connectivity index (χ2v) is 7.30. The van der Waals surface area contributed by atoms with E-state index < -0.39 is 35.8 Å². The lowest BCUT2D eigenvalue weighted by molar-refractivity contribution is -0.136. The number of alkyl halides is 6. The number of fused-ring (bicyclic) bond motifs is 1. The third kappa shape index (κ3) is 4.37. The molecule has 12 heteroatoms. The van der Waals surface area contributed by atoms with Crippen LogP contribution in [0, 0.1) is 5.92 Å². The quantitative estimate of drug-likeness (QED) is 0.568. The number of ether oxygens (including phenoxy) is 1. The van der Waals surface area contributed by atoms with E-state index >= 15 is 0 Å². The number of nitrogens with zero attached hydrogens (tertiary/aromatic N) is 4.